The molecule has 2 aromatic carbocycles. The number of para-hydroxylation sites is 2. The van der Waals surface area contributed by atoms with Crippen LogP contribution in [-0.4, -0.2) is 21.9 Å². The maximum absolute atomic E-state index is 12.5. The monoisotopic (exact) mass is 398 g/mol. The molecular formula is C20H16Cl2N4O. The first-order valence-corrected chi connectivity index (χ1v) is 9.24. The Bertz CT molecular complexity index is 987. The predicted molar refractivity (Wildman–Crippen MR) is 108 cm³/mol. The average Bonchev–Trinajstić information content (AvgIpc) is 3.00. The molecule has 1 aromatic heterocycles. The van der Waals surface area contributed by atoms with Gasteiger partial charge in [-0.2, -0.15) is 0 Å². The molecule has 27 heavy (non-hydrogen) atoms. The molecule has 0 saturated heterocycles. The summed E-state index contributed by atoms with van der Waals surface area (Å²) in [4.78, 5) is 23.4. The van der Waals surface area contributed by atoms with Gasteiger partial charge in [0.2, 0.25) is 5.95 Å². The molecule has 136 valence electrons. The maximum atomic E-state index is 12.5. The van der Waals surface area contributed by atoms with Gasteiger partial charge in [-0.25, -0.2) is 9.97 Å². The zero-order chi connectivity index (χ0) is 19.0. The summed E-state index contributed by atoms with van der Waals surface area (Å²) in [6.45, 7) is 2.13. The Morgan fingerprint density at radius 1 is 1.07 bits per heavy atom. The van der Waals surface area contributed by atoms with E-state index in [1.165, 1.54) is 18.0 Å². The largest absolute Gasteiger partial charge is 0.319 e. The number of benzene rings is 2. The second-order valence-electron chi connectivity index (χ2n) is 6.37. The molecular weight excluding hydrogens is 383 g/mol. The van der Waals surface area contributed by atoms with Gasteiger partial charge in [0.05, 0.1) is 21.3 Å². The highest BCUT2D eigenvalue weighted by Crippen LogP contribution is 2.36. The van der Waals surface area contributed by atoms with Crippen LogP contribution in [0, 0.1) is 0 Å². The van der Waals surface area contributed by atoms with E-state index in [9.17, 15) is 4.79 Å². The molecule has 1 unspecified atom stereocenters. The van der Waals surface area contributed by atoms with E-state index in [2.05, 4.69) is 39.2 Å². The highest BCUT2D eigenvalue weighted by Gasteiger charge is 2.28. The molecule has 1 aliphatic rings. The highest BCUT2D eigenvalue weighted by atomic mass is 35.5. The quantitative estimate of drug-likeness (QED) is 0.664. The lowest BCUT2D eigenvalue weighted by Gasteiger charge is -2.22. The molecule has 1 aliphatic heterocycles. The summed E-state index contributed by atoms with van der Waals surface area (Å²) in [6.07, 6.45) is 3.96. The van der Waals surface area contributed by atoms with Crippen molar-refractivity contribution < 1.29 is 4.79 Å². The molecule has 1 amide bonds. The van der Waals surface area contributed by atoms with E-state index in [1.807, 2.05) is 12.1 Å². The summed E-state index contributed by atoms with van der Waals surface area (Å²) >= 11 is 12.2. The molecule has 1 N–H and O–H groups in total. The summed E-state index contributed by atoms with van der Waals surface area (Å²) in [6, 6.07) is 13.5. The van der Waals surface area contributed by atoms with Gasteiger partial charge in [0.1, 0.15) is 0 Å². The van der Waals surface area contributed by atoms with Crippen LogP contribution >= 0.6 is 23.2 Å². The molecule has 0 radical (unpaired) electrons. The van der Waals surface area contributed by atoms with Crippen LogP contribution in [0.5, 0.6) is 0 Å². The Morgan fingerprint density at radius 3 is 2.44 bits per heavy atom. The van der Waals surface area contributed by atoms with Crippen molar-refractivity contribution in [1.82, 2.24) is 9.97 Å². The lowest BCUT2D eigenvalue weighted by Crippen LogP contribution is -2.26. The van der Waals surface area contributed by atoms with E-state index in [0.717, 1.165) is 12.1 Å². The first-order chi connectivity index (χ1) is 13.0. The van der Waals surface area contributed by atoms with Gasteiger partial charge >= 0.3 is 0 Å². The minimum atomic E-state index is -0.369. The molecule has 7 heteroatoms. The third kappa shape index (κ3) is 3.36. The number of nitrogens with zero attached hydrogens (tertiary/aromatic N) is 3. The number of amides is 1. The van der Waals surface area contributed by atoms with Crippen LogP contribution in [0.3, 0.4) is 0 Å². The van der Waals surface area contributed by atoms with Crippen LogP contribution in [0.25, 0.3) is 0 Å². The van der Waals surface area contributed by atoms with Crippen LogP contribution in [-0.2, 0) is 6.42 Å². The molecule has 3 aromatic rings. The van der Waals surface area contributed by atoms with Gasteiger partial charge in [-0.3, -0.25) is 4.79 Å². The van der Waals surface area contributed by atoms with Crippen molar-refractivity contribution in [2.24, 2.45) is 0 Å². The van der Waals surface area contributed by atoms with Crippen molar-refractivity contribution in [3.63, 3.8) is 0 Å². The Kier molecular flexibility index (Phi) is 4.72. The number of fused-ring (bicyclic) bond motifs is 1. The fourth-order valence-corrected chi connectivity index (χ4v) is 3.73. The lowest BCUT2D eigenvalue weighted by atomic mass is 10.1. The van der Waals surface area contributed by atoms with E-state index in [0.29, 0.717) is 27.2 Å². The average molecular weight is 399 g/mol. The standard InChI is InChI=1S/C20H16Cl2N4O/c1-12-9-13-5-2-3-8-17(13)26(12)20-23-10-14(11-24-20)19(27)25-18-15(21)6-4-7-16(18)22/h2-8,10-12H,9H2,1H3,(H,25,27). The normalized spacial score (nSPS) is 15.5. The van der Waals surface area contributed by atoms with Crippen LogP contribution in [0.1, 0.15) is 22.8 Å². The van der Waals surface area contributed by atoms with Crippen LogP contribution in [0.4, 0.5) is 17.3 Å². The Morgan fingerprint density at radius 2 is 1.74 bits per heavy atom. The third-order valence-electron chi connectivity index (χ3n) is 4.52. The SMILES string of the molecule is CC1Cc2ccccc2N1c1ncc(C(=O)Nc2c(Cl)cccc2Cl)cn1. The third-order valence-corrected chi connectivity index (χ3v) is 5.15. The van der Waals surface area contributed by atoms with E-state index in [-0.39, 0.29) is 11.9 Å². The fraction of sp³-hybridized carbons (Fsp3) is 0.150. The Labute approximate surface area is 167 Å². The molecule has 5 nitrogen and oxygen atoms in total. The molecule has 0 aliphatic carbocycles. The zero-order valence-electron chi connectivity index (χ0n) is 14.5. The van der Waals surface area contributed by atoms with Crippen LogP contribution in [0.2, 0.25) is 10.0 Å². The number of aromatic nitrogens is 2. The van der Waals surface area contributed by atoms with Gasteiger partial charge in [-0.05, 0) is 37.1 Å². The van der Waals surface area contributed by atoms with E-state index in [4.69, 9.17) is 23.2 Å². The number of rotatable bonds is 3. The fourth-order valence-electron chi connectivity index (χ4n) is 3.24. The van der Waals surface area contributed by atoms with Gasteiger partial charge in [-0.15, -0.1) is 0 Å². The minimum Gasteiger partial charge on any atom is -0.319 e. The molecule has 4 rings (SSSR count). The summed E-state index contributed by atoms with van der Waals surface area (Å²) in [5.41, 5.74) is 3.07. The van der Waals surface area contributed by atoms with Gasteiger partial charge in [0.15, 0.2) is 0 Å². The zero-order valence-corrected chi connectivity index (χ0v) is 16.0. The highest BCUT2D eigenvalue weighted by molar-refractivity contribution is 6.40. The van der Waals surface area contributed by atoms with E-state index < -0.39 is 0 Å². The molecule has 0 bridgehead atoms. The second-order valence-corrected chi connectivity index (χ2v) is 7.19. The van der Waals surface area contributed by atoms with Crippen molar-refractivity contribution in [2.75, 3.05) is 10.2 Å². The van der Waals surface area contributed by atoms with E-state index >= 15 is 0 Å². The first kappa shape index (κ1) is 17.8. The minimum absolute atomic E-state index is 0.254. The van der Waals surface area contributed by atoms with Crippen molar-refractivity contribution in [2.45, 2.75) is 19.4 Å². The van der Waals surface area contributed by atoms with Crippen LogP contribution < -0.4 is 10.2 Å². The van der Waals surface area contributed by atoms with Gasteiger partial charge in [0.25, 0.3) is 5.91 Å². The molecule has 2 heterocycles. The van der Waals surface area contributed by atoms with Gasteiger partial charge in [0, 0.05) is 24.1 Å². The molecule has 0 saturated carbocycles. The second kappa shape index (κ2) is 7.18. The first-order valence-electron chi connectivity index (χ1n) is 8.49. The van der Waals surface area contributed by atoms with E-state index in [1.54, 1.807) is 18.2 Å². The number of hydrogen-bond donors (Lipinski definition) is 1. The Balaban J connectivity index is 1.57. The van der Waals surface area contributed by atoms with Crippen molar-refractivity contribution in [3.05, 3.63) is 76.0 Å². The summed E-state index contributed by atoms with van der Waals surface area (Å²) in [7, 11) is 0. The van der Waals surface area contributed by atoms with Crippen molar-refractivity contribution in [3.8, 4) is 0 Å². The maximum Gasteiger partial charge on any atom is 0.258 e. The van der Waals surface area contributed by atoms with Gasteiger partial charge in [-0.1, -0.05) is 47.5 Å². The topological polar surface area (TPSA) is 58.1 Å². The lowest BCUT2D eigenvalue weighted by molar-refractivity contribution is 0.102. The smallest absolute Gasteiger partial charge is 0.258 e. The number of halogens is 2. The number of anilines is 3. The van der Waals surface area contributed by atoms with Crippen molar-refractivity contribution in [1.29, 1.82) is 0 Å². The van der Waals surface area contributed by atoms with Gasteiger partial charge < -0.3 is 10.2 Å². The predicted octanol–water partition coefficient (Wildman–Crippen LogP) is 5.12. The molecule has 0 fully saturated rings. The number of carbonyl (C=O) groups excluding carboxylic acids is 1. The summed E-state index contributed by atoms with van der Waals surface area (Å²) in [5.74, 6) is 0.200. The number of carbonyl (C=O) groups is 1. The van der Waals surface area contributed by atoms with Crippen molar-refractivity contribution >= 4 is 46.4 Å². The number of nitrogens with one attached hydrogen (secondary N) is 1. The molecule has 0 spiro atoms. The summed E-state index contributed by atoms with van der Waals surface area (Å²) in [5, 5.41) is 3.45. The Hall–Kier alpha value is -2.63. The summed E-state index contributed by atoms with van der Waals surface area (Å²) < 4.78 is 0. The van der Waals surface area contributed by atoms with Crippen LogP contribution in [0.15, 0.2) is 54.9 Å². The number of hydrogen-bond acceptors (Lipinski definition) is 4. The molecule has 1 atom stereocenters.